The van der Waals surface area contributed by atoms with Gasteiger partial charge in [0, 0.05) is 6.92 Å². The zero-order chi connectivity index (χ0) is 10.4. The Morgan fingerprint density at radius 3 is 2.15 bits per heavy atom. The largest absolute Gasteiger partial charge is 0.385 e. The zero-order valence-corrected chi connectivity index (χ0v) is 6.75. The Kier molecular flexibility index (Phi) is 2.35. The molecular weight excluding hydrogens is 187 g/mol. The van der Waals surface area contributed by atoms with Gasteiger partial charge in [0.15, 0.2) is 6.29 Å². The number of aliphatic hydroxyl groups is 5. The Morgan fingerprint density at radius 1 is 1.23 bits per heavy atom. The first-order chi connectivity index (χ1) is 5.70. The van der Waals surface area contributed by atoms with E-state index in [9.17, 15) is 4.39 Å². The smallest absolute Gasteiger partial charge is 0.265 e. The predicted octanol–water partition coefficient (Wildman–Crippen LogP) is -2.58. The van der Waals surface area contributed by atoms with Gasteiger partial charge in [-0.1, -0.05) is 0 Å². The summed E-state index contributed by atoms with van der Waals surface area (Å²) in [5.74, 6) is -6.31. The normalized spacial score (nSPS) is 50.5. The highest BCUT2D eigenvalue weighted by atomic mass is 19.2. The van der Waals surface area contributed by atoms with Crippen LogP contribution in [0.25, 0.3) is 0 Å². The molecule has 78 valence electrons. The summed E-state index contributed by atoms with van der Waals surface area (Å²) in [6.07, 6.45) is -6.22. The molecule has 0 bridgehead atoms. The van der Waals surface area contributed by atoms with Crippen molar-refractivity contribution in [2.24, 2.45) is 0 Å². The summed E-state index contributed by atoms with van der Waals surface area (Å²) in [6, 6.07) is 0. The van der Waals surface area contributed by atoms with Gasteiger partial charge in [-0.15, -0.1) is 0 Å². The van der Waals surface area contributed by atoms with E-state index in [0.717, 1.165) is 0 Å². The van der Waals surface area contributed by atoms with E-state index in [1.54, 1.807) is 0 Å². The molecule has 0 spiro atoms. The number of hydrogen-bond acceptors (Lipinski definition) is 6. The van der Waals surface area contributed by atoms with Crippen molar-refractivity contribution in [3.8, 4) is 0 Å². The van der Waals surface area contributed by atoms with Crippen molar-refractivity contribution in [1.82, 2.24) is 0 Å². The van der Waals surface area contributed by atoms with Crippen LogP contribution in [0.4, 0.5) is 4.39 Å². The van der Waals surface area contributed by atoms with E-state index in [-0.39, 0.29) is 0 Å². The average Bonchev–Trinajstić information content (AvgIpc) is 1.98. The molecule has 4 atom stereocenters. The second kappa shape index (κ2) is 2.84. The standard InChI is InChI=1S/C6H11FO6/c1-5(7)6(11,12)3(9)2(8)4(10)13-5/h2-4,8-12H,1H3/t2-,3+,4?,5+/m0/s1. The lowest BCUT2D eigenvalue weighted by Crippen LogP contribution is -2.69. The lowest BCUT2D eigenvalue weighted by atomic mass is 9.94. The third kappa shape index (κ3) is 1.43. The molecule has 0 aliphatic carbocycles. The van der Waals surface area contributed by atoms with Gasteiger partial charge in [-0.25, -0.2) is 4.39 Å². The molecule has 1 heterocycles. The van der Waals surface area contributed by atoms with Gasteiger partial charge in [0.05, 0.1) is 0 Å². The first-order valence-corrected chi connectivity index (χ1v) is 3.56. The van der Waals surface area contributed by atoms with Crippen molar-refractivity contribution in [3.05, 3.63) is 0 Å². The zero-order valence-electron chi connectivity index (χ0n) is 6.75. The number of ether oxygens (including phenoxy) is 1. The van der Waals surface area contributed by atoms with E-state index in [0.29, 0.717) is 6.92 Å². The Balaban J connectivity index is 2.96. The maximum absolute atomic E-state index is 13.2. The molecule has 1 fully saturated rings. The van der Waals surface area contributed by atoms with E-state index < -0.39 is 30.1 Å². The van der Waals surface area contributed by atoms with Crippen LogP contribution < -0.4 is 0 Å². The lowest BCUT2D eigenvalue weighted by molar-refractivity contribution is -0.442. The van der Waals surface area contributed by atoms with Gasteiger partial charge in [0.2, 0.25) is 0 Å². The number of hydrogen-bond donors (Lipinski definition) is 5. The van der Waals surface area contributed by atoms with Gasteiger partial charge in [-0.3, -0.25) is 0 Å². The molecule has 1 saturated heterocycles. The maximum atomic E-state index is 13.2. The monoisotopic (exact) mass is 198 g/mol. The fraction of sp³-hybridized carbons (Fsp3) is 1.00. The van der Waals surface area contributed by atoms with Gasteiger partial charge in [-0.05, 0) is 0 Å². The Labute approximate surface area is 72.8 Å². The van der Waals surface area contributed by atoms with Crippen LogP contribution in [0.1, 0.15) is 6.92 Å². The molecule has 1 aliphatic heterocycles. The fourth-order valence-electron chi connectivity index (χ4n) is 1.04. The first kappa shape index (κ1) is 10.8. The molecular formula is C6H11FO6. The fourth-order valence-corrected chi connectivity index (χ4v) is 1.04. The second-order valence-electron chi connectivity index (χ2n) is 3.09. The molecule has 0 aromatic heterocycles. The summed E-state index contributed by atoms with van der Waals surface area (Å²) >= 11 is 0. The maximum Gasteiger partial charge on any atom is 0.265 e. The van der Waals surface area contributed by atoms with E-state index in [4.69, 9.17) is 25.5 Å². The lowest BCUT2D eigenvalue weighted by Gasteiger charge is -2.45. The molecule has 6 nitrogen and oxygen atoms in total. The van der Waals surface area contributed by atoms with Crippen molar-refractivity contribution in [2.45, 2.75) is 37.1 Å². The van der Waals surface area contributed by atoms with Crippen LogP contribution in [-0.2, 0) is 4.74 Å². The molecule has 1 rings (SSSR count). The summed E-state index contributed by atoms with van der Waals surface area (Å²) in [4.78, 5) is 0. The van der Waals surface area contributed by atoms with E-state index >= 15 is 0 Å². The third-order valence-corrected chi connectivity index (χ3v) is 2.03. The third-order valence-electron chi connectivity index (χ3n) is 2.03. The van der Waals surface area contributed by atoms with Crippen molar-refractivity contribution < 1.29 is 34.7 Å². The van der Waals surface area contributed by atoms with Crippen LogP contribution in [-0.4, -0.2) is 55.7 Å². The molecule has 1 aliphatic rings. The molecule has 0 radical (unpaired) electrons. The molecule has 0 aromatic rings. The minimum absolute atomic E-state index is 0.616. The SMILES string of the molecule is C[C@@]1(F)OC(O)[C@@H](O)[C@@H](O)C1(O)O. The van der Waals surface area contributed by atoms with Crippen molar-refractivity contribution in [1.29, 1.82) is 0 Å². The van der Waals surface area contributed by atoms with E-state index in [2.05, 4.69) is 4.74 Å². The summed E-state index contributed by atoms with van der Waals surface area (Å²) in [5.41, 5.74) is 0. The second-order valence-corrected chi connectivity index (χ2v) is 3.09. The topological polar surface area (TPSA) is 110 Å². The highest BCUT2D eigenvalue weighted by Gasteiger charge is 2.62. The molecule has 7 heteroatoms. The molecule has 0 aromatic carbocycles. The van der Waals surface area contributed by atoms with Gasteiger partial charge >= 0.3 is 0 Å². The van der Waals surface area contributed by atoms with Crippen LogP contribution in [0, 0.1) is 0 Å². The minimum atomic E-state index is -3.26. The molecule has 0 amide bonds. The Hall–Kier alpha value is -0.310. The van der Waals surface area contributed by atoms with Crippen molar-refractivity contribution in [2.75, 3.05) is 0 Å². The van der Waals surface area contributed by atoms with Crippen LogP contribution in [0.3, 0.4) is 0 Å². The predicted molar refractivity (Wildman–Crippen MR) is 35.8 cm³/mol. The highest BCUT2D eigenvalue weighted by Crippen LogP contribution is 2.36. The van der Waals surface area contributed by atoms with E-state index in [1.807, 2.05) is 0 Å². The van der Waals surface area contributed by atoms with Crippen molar-refractivity contribution in [3.63, 3.8) is 0 Å². The highest BCUT2D eigenvalue weighted by molar-refractivity contribution is 4.96. The number of aliphatic hydroxyl groups excluding tert-OH is 3. The summed E-state index contributed by atoms with van der Waals surface area (Å²) in [5, 5.41) is 44.7. The summed E-state index contributed by atoms with van der Waals surface area (Å²) in [7, 11) is 0. The van der Waals surface area contributed by atoms with Crippen LogP contribution in [0.5, 0.6) is 0 Å². The van der Waals surface area contributed by atoms with Gasteiger partial charge in [0.1, 0.15) is 12.2 Å². The first-order valence-electron chi connectivity index (χ1n) is 3.56. The molecule has 0 saturated carbocycles. The van der Waals surface area contributed by atoms with Crippen molar-refractivity contribution >= 4 is 0 Å². The van der Waals surface area contributed by atoms with Crippen LogP contribution in [0.15, 0.2) is 0 Å². The van der Waals surface area contributed by atoms with E-state index in [1.165, 1.54) is 0 Å². The number of rotatable bonds is 0. The average molecular weight is 198 g/mol. The van der Waals surface area contributed by atoms with Crippen LogP contribution >= 0.6 is 0 Å². The Bertz CT molecular complexity index is 205. The quantitative estimate of drug-likeness (QED) is 0.273. The Morgan fingerprint density at radius 2 is 1.69 bits per heavy atom. The molecule has 5 N–H and O–H groups in total. The van der Waals surface area contributed by atoms with Gasteiger partial charge < -0.3 is 30.3 Å². The summed E-state index contributed by atoms with van der Waals surface area (Å²) < 4.78 is 17.2. The van der Waals surface area contributed by atoms with Gasteiger partial charge in [0.25, 0.3) is 11.6 Å². The summed E-state index contributed by atoms with van der Waals surface area (Å²) in [6.45, 7) is 0.616. The molecule has 13 heavy (non-hydrogen) atoms. The molecule has 1 unspecified atom stereocenters. The minimum Gasteiger partial charge on any atom is -0.385 e. The number of alkyl halides is 1. The van der Waals surface area contributed by atoms with Gasteiger partial charge in [-0.2, -0.15) is 0 Å². The van der Waals surface area contributed by atoms with Crippen LogP contribution in [0.2, 0.25) is 0 Å². The number of halogens is 1.